The van der Waals surface area contributed by atoms with Crippen LogP contribution in [-0.4, -0.2) is 38.6 Å². The minimum atomic E-state index is -0.205. The Bertz CT molecular complexity index is 797. The summed E-state index contributed by atoms with van der Waals surface area (Å²) in [6, 6.07) is 9.17. The second-order valence-electron chi connectivity index (χ2n) is 5.93. The van der Waals surface area contributed by atoms with Gasteiger partial charge in [-0.25, -0.2) is 0 Å². The molecule has 5 nitrogen and oxygen atoms in total. The lowest BCUT2D eigenvalue weighted by molar-refractivity contribution is -0.117. The van der Waals surface area contributed by atoms with Crippen molar-refractivity contribution in [2.24, 2.45) is 0 Å². The number of rotatable bonds is 7. The van der Waals surface area contributed by atoms with Gasteiger partial charge in [0, 0.05) is 12.1 Å². The molecule has 0 aliphatic rings. The number of hydrogen-bond acceptors (Lipinski definition) is 4. The fraction of sp³-hybridized carbons (Fsp3) is 0.316. The van der Waals surface area contributed by atoms with E-state index >= 15 is 0 Å². The lowest BCUT2D eigenvalue weighted by Crippen LogP contribution is -2.30. The van der Waals surface area contributed by atoms with Gasteiger partial charge in [-0.2, -0.15) is 0 Å². The van der Waals surface area contributed by atoms with Crippen molar-refractivity contribution >= 4 is 34.8 Å². The van der Waals surface area contributed by atoms with Gasteiger partial charge in [0.2, 0.25) is 5.91 Å². The molecule has 2 aromatic carbocycles. The predicted molar refractivity (Wildman–Crippen MR) is 106 cm³/mol. The molecule has 0 spiro atoms. The lowest BCUT2D eigenvalue weighted by Gasteiger charge is -2.19. The number of hydrogen-bond donors (Lipinski definition) is 1. The van der Waals surface area contributed by atoms with Gasteiger partial charge in [-0.05, 0) is 31.7 Å². The maximum atomic E-state index is 12.4. The van der Waals surface area contributed by atoms with Crippen LogP contribution in [0, 0.1) is 6.92 Å². The molecule has 0 aliphatic carbocycles. The van der Waals surface area contributed by atoms with Crippen LogP contribution >= 0.6 is 23.2 Å². The zero-order valence-electron chi connectivity index (χ0n) is 15.2. The molecule has 7 heteroatoms. The normalized spacial score (nSPS) is 10.7. The number of nitrogens with one attached hydrogen (secondary N) is 1. The Kier molecular flexibility index (Phi) is 7.14. The number of aryl methyl sites for hydroxylation is 1. The highest BCUT2D eigenvalue weighted by Crippen LogP contribution is 2.33. The van der Waals surface area contributed by atoms with Gasteiger partial charge in [-0.3, -0.25) is 9.69 Å². The molecule has 0 aliphatic heterocycles. The zero-order chi connectivity index (χ0) is 19.3. The van der Waals surface area contributed by atoms with Crippen LogP contribution in [-0.2, 0) is 11.3 Å². The highest BCUT2D eigenvalue weighted by molar-refractivity contribution is 6.40. The van der Waals surface area contributed by atoms with Crippen LogP contribution in [0.15, 0.2) is 30.3 Å². The summed E-state index contributed by atoms with van der Waals surface area (Å²) in [7, 11) is 5.03. The largest absolute Gasteiger partial charge is 0.493 e. The minimum Gasteiger partial charge on any atom is -0.493 e. The average Bonchev–Trinajstić information content (AvgIpc) is 2.61. The van der Waals surface area contributed by atoms with Gasteiger partial charge in [-0.15, -0.1) is 0 Å². The molecule has 0 saturated carbocycles. The Morgan fingerprint density at radius 1 is 1.15 bits per heavy atom. The third kappa shape index (κ3) is 4.81. The average molecular weight is 397 g/mol. The summed E-state index contributed by atoms with van der Waals surface area (Å²) in [5, 5.41) is 3.64. The van der Waals surface area contributed by atoms with E-state index in [0.717, 1.165) is 11.1 Å². The lowest BCUT2D eigenvalue weighted by atomic mass is 10.1. The smallest absolute Gasteiger partial charge is 0.238 e. The van der Waals surface area contributed by atoms with Crippen molar-refractivity contribution in [3.05, 3.63) is 51.5 Å². The molecular formula is C19H22Cl2N2O3. The van der Waals surface area contributed by atoms with E-state index in [0.29, 0.717) is 33.8 Å². The number of ether oxygens (including phenoxy) is 2. The topological polar surface area (TPSA) is 50.8 Å². The number of halogens is 2. The van der Waals surface area contributed by atoms with Crippen LogP contribution < -0.4 is 14.8 Å². The molecular weight excluding hydrogens is 375 g/mol. The fourth-order valence-corrected chi connectivity index (χ4v) is 3.09. The van der Waals surface area contributed by atoms with E-state index in [-0.39, 0.29) is 12.5 Å². The summed E-state index contributed by atoms with van der Waals surface area (Å²) in [6.07, 6.45) is 0. The monoisotopic (exact) mass is 396 g/mol. The number of anilines is 1. The van der Waals surface area contributed by atoms with Gasteiger partial charge in [0.05, 0.1) is 36.5 Å². The van der Waals surface area contributed by atoms with Gasteiger partial charge in [-0.1, -0.05) is 41.4 Å². The molecule has 0 bridgehead atoms. The molecule has 2 rings (SSSR count). The first-order valence-electron chi connectivity index (χ1n) is 8.00. The molecule has 0 atom stereocenters. The highest BCUT2D eigenvalue weighted by atomic mass is 35.5. The van der Waals surface area contributed by atoms with Crippen LogP contribution in [0.1, 0.15) is 11.1 Å². The number of amides is 1. The standard InChI is InChI=1S/C19H22Cl2N2O3/c1-12-8-9-14(20)18(17(12)21)22-16(24)11-23(2)10-13-6-5-7-15(25-3)19(13)26-4/h5-9H,10-11H2,1-4H3,(H,22,24). The first-order valence-corrected chi connectivity index (χ1v) is 8.75. The third-order valence-corrected chi connectivity index (χ3v) is 4.69. The summed E-state index contributed by atoms with van der Waals surface area (Å²) in [5.41, 5.74) is 2.21. The molecule has 1 N–H and O–H groups in total. The second-order valence-corrected chi connectivity index (χ2v) is 6.71. The van der Waals surface area contributed by atoms with E-state index in [4.69, 9.17) is 32.7 Å². The van der Waals surface area contributed by atoms with Gasteiger partial charge < -0.3 is 14.8 Å². The van der Waals surface area contributed by atoms with Crippen molar-refractivity contribution < 1.29 is 14.3 Å². The fourth-order valence-electron chi connectivity index (χ4n) is 2.62. The Hall–Kier alpha value is -1.95. The Morgan fingerprint density at radius 3 is 2.54 bits per heavy atom. The first kappa shape index (κ1) is 20.4. The van der Waals surface area contributed by atoms with Gasteiger partial charge >= 0.3 is 0 Å². The van der Waals surface area contributed by atoms with Gasteiger partial charge in [0.25, 0.3) is 0 Å². The number of nitrogens with zero attached hydrogens (tertiary/aromatic N) is 1. The number of methoxy groups -OCH3 is 2. The van der Waals surface area contributed by atoms with E-state index in [2.05, 4.69) is 5.32 Å². The molecule has 0 heterocycles. The predicted octanol–water partition coefficient (Wildman–Crippen LogP) is 4.39. The second kappa shape index (κ2) is 9.12. The summed E-state index contributed by atoms with van der Waals surface area (Å²) in [5.74, 6) is 1.11. The molecule has 0 fully saturated rings. The maximum Gasteiger partial charge on any atom is 0.238 e. The van der Waals surface area contributed by atoms with Crippen LogP contribution in [0.4, 0.5) is 5.69 Å². The Labute approximate surface area is 163 Å². The van der Waals surface area contributed by atoms with Crippen molar-refractivity contribution in [1.29, 1.82) is 0 Å². The number of likely N-dealkylation sites (N-methyl/N-ethyl adjacent to an activating group) is 1. The van der Waals surface area contributed by atoms with Gasteiger partial charge in [0.1, 0.15) is 0 Å². The molecule has 0 radical (unpaired) electrons. The zero-order valence-corrected chi connectivity index (χ0v) is 16.7. The van der Waals surface area contributed by atoms with Crippen molar-refractivity contribution in [3.8, 4) is 11.5 Å². The summed E-state index contributed by atoms with van der Waals surface area (Å²) < 4.78 is 10.7. The molecule has 140 valence electrons. The van der Waals surface area contributed by atoms with Crippen molar-refractivity contribution in [2.45, 2.75) is 13.5 Å². The SMILES string of the molecule is COc1cccc(CN(C)CC(=O)Nc2c(Cl)ccc(C)c2Cl)c1OC. The van der Waals surface area contributed by atoms with Crippen molar-refractivity contribution in [3.63, 3.8) is 0 Å². The van der Waals surface area contributed by atoms with Crippen LogP contribution in [0.3, 0.4) is 0 Å². The van der Waals surface area contributed by atoms with E-state index in [1.807, 2.05) is 43.1 Å². The number of benzene rings is 2. The Morgan fingerprint density at radius 2 is 1.88 bits per heavy atom. The van der Waals surface area contributed by atoms with E-state index in [9.17, 15) is 4.79 Å². The summed E-state index contributed by atoms with van der Waals surface area (Å²) in [6.45, 7) is 2.54. The maximum absolute atomic E-state index is 12.4. The molecule has 0 unspecified atom stereocenters. The minimum absolute atomic E-state index is 0.168. The van der Waals surface area contributed by atoms with Crippen molar-refractivity contribution in [1.82, 2.24) is 4.90 Å². The molecule has 0 saturated heterocycles. The highest BCUT2D eigenvalue weighted by Gasteiger charge is 2.16. The molecule has 1 amide bonds. The van der Waals surface area contributed by atoms with E-state index < -0.39 is 0 Å². The number of carbonyl (C=O) groups excluding carboxylic acids is 1. The third-order valence-electron chi connectivity index (χ3n) is 3.89. The van der Waals surface area contributed by atoms with Crippen LogP contribution in [0.5, 0.6) is 11.5 Å². The van der Waals surface area contributed by atoms with Gasteiger partial charge in [0.15, 0.2) is 11.5 Å². The molecule has 2 aromatic rings. The molecule has 26 heavy (non-hydrogen) atoms. The summed E-state index contributed by atoms with van der Waals surface area (Å²) >= 11 is 12.4. The summed E-state index contributed by atoms with van der Waals surface area (Å²) in [4.78, 5) is 14.2. The quantitative estimate of drug-likeness (QED) is 0.753. The Balaban J connectivity index is 2.06. The number of para-hydroxylation sites is 1. The molecule has 0 aromatic heterocycles. The van der Waals surface area contributed by atoms with E-state index in [1.54, 1.807) is 20.3 Å². The van der Waals surface area contributed by atoms with Crippen LogP contribution in [0.25, 0.3) is 0 Å². The van der Waals surface area contributed by atoms with Crippen molar-refractivity contribution in [2.75, 3.05) is 33.1 Å². The van der Waals surface area contributed by atoms with Crippen LogP contribution in [0.2, 0.25) is 10.0 Å². The van der Waals surface area contributed by atoms with E-state index in [1.165, 1.54) is 0 Å². The first-order chi connectivity index (χ1) is 12.4. The number of carbonyl (C=O) groups is 1.